The average Bonchev–Trinajstić information content (AvgIpc) is 2.63. The lowest BCUT2D eigenvalue weighted by Gasteiger charge is -2.38. The molecular formula is C22H33ClN2O2. The highest BCUT2D eigenvalue weighted by molar-refractivity contribution is 6.32. The number of halogens is 1. The second-order valence-corrected chi connectivity index (χ2v) is 7.03. The lowest BCUT2D eigenvalue weighted by atomic mass is 10.1. The summed E-state index contributed by atoms with van der Waals surface area (Å²) in [4.78, 5) is 13.6. The van der Waals surface area contributed by atoms with Gasteiger partial charge in [-0.2, -0.15) is 0 Å². The molecule has 0 saturated carbocycles. The van der Waals surface area contributed by atoms with Crippen LogP contribution >= 0.6 is 11.6 Å². The maximum Gasteiger partial charge on any atom is 0.175 e. The Balaban J connectivity index is 0.000000277. The van der Waals surface area contributed by atoms with Gasteiger partial charge in [-0.1, -0.05) is 56.7 Å². The second kappa shape index (κ2) is 11.8. The number of methoxy groups -OCH3 is 1. The van der Waals surface area contributed by atoms with Gasteiger partial charge in [0.1, 0.15) is 5.75 Å². The largest absolute Gasteiger partial charge is 0.495 e. The minimum Gasteiger partial charge on any atom is -0.495 e. The second-order valence-electron chi connectivity index (χ2n) is 6.65. The van der Waals surface area contributed by atoms with Crippen LogP contribution in [-0.4, -0.2) is 36.9 Å². The summed E-state index contributed by atoms with van der Waals surface area (Å²) in [6, 6.07) is 6.18. The van der Waals surface area contributed by atoms with Gasteiger partial charge in [0.15, 0.2) is 5.78 Å². The Morgan fingerprint density at radius 3 is 2.67 bits per heavy atom. The highest BCUT2D eigenvalue weighted by atomic mass is 35.5. The first-order valence-electron chi connectivity index (χ1n) is 9.57. The first-order valence-corrected chi connectivity index (χ1v) is 9.95. The molecular weight excluding hydrogens is 360 g/mol. The van der Waals surface area contributed by atoms with Crippen molar-refractivity contribution < 1.29 is 9.53 Å². The molecule has 0 radical (unpaired) electrons. The minimum atomic E-state index is 0.117. The van der Waals surface area contributed by atoms with E-state index in [2.05, 4.69) is 30.6 Å². The Morgan fingerprint density at radius 1 is 1.44 bits per heavy atom. The summed E-state index contributed by atoms with van der Waals surface area (Å²) in [6.07, 6.45) is 4.97. The Morgan fingerprint density at radius 2 is 2.15 bits per heavy atom. The van der Waals surface area contributed by atoms with Gasteiger partial charge in [-0.25, -0.2) is 0 Å². The molecule has 1 atom stereocenters. The van der Waals surface area contributed by atoms with Crippen LogP contribution in [0.25, 0.3) is 0 Å². The number of rotatable bonds is 6. The van der Waals surface area contributed by atoms with Crippen molar-refractivity contribution in [2.45, 2.75) is 53.0 Å². The quantitative estimate of drug-likeness (QED) is 0.693. The number of carbonyl (C=O) groups excluding carboxylic acids is 1. The first-order chi connectivity index (χ1) is 12.9. The fourth-order valence-electron chi connectivity index (χ4n) is 3.10. The van der Waals surface area contributed by atoms with Gasteiger partial charge in [-0.05, 0) is 31.4 Å². The van der Waals surface area contributed by atoms with E-state index in [1.54, 1.807) is 14.0 Å². The van der Waals surface area contributed by atoms with Crippen molar-refractivity contribution in [1.29, 1.82) is 0 Å². The molecule has 1 fully saturated rings. The predicted octanol–water partition coefficient (Wildman–Crippen LogP) is 4.98. The Labute approximate surface area is 169 Å². The molecule has 5 heteroatoms. The molecule has 0 bridgehead atoms. The standard InChI is InChI=1S/C12H20N2O.C10H13ClO/c1-5-6-12(11(4)15)14-9(2)7-13-8-10(14)3;1-3-5-8-6-4-7-9(12-2)10(8)11/h6,10,13H,2,5,7-8H2,1,3-4H3;4,6-7H,3,5H2,1-2H3/b12-6-;. The Kier molecular flexibility index (Phi) is 10.2. The normalized spacial score (nSPS) is 17.3. The van der Waals surface area contributed by atoms with Gasteiger partial charge in [0.05, 0.1) is 17.8 Å². The van der Waals surface area contributed by atoms with E-state index >= 15 is 0 Å². The van der Waals surface area contributed by atoms with Crippen LogP contribution in [0.2, 0.25) is 5.02 Å². The smallest absolute Gasteiger partial charge is 0.175 e. The van der Waals surface area contributed by atoms with Crippen molar-refractivity contribution in [3.63, 3.8) is 0 Å². The number of aryl methyl sites for hydroxylation is 1. The summed E-state index contributed by atoms with van der Waals surface area (Å²) in [6.45, 7) is 13.6. The molecule has 1 aliphatic heterocycles. The fourth-order valence-corrected chi connectivity index (χ4v) is 3.40. The van der Waals surface area contributed by atoms with Crippen molar-refractivity contribution in [2.75, 3.05) is 20.2 Å². The first kappa shape index (κ1) is 23.3. The molecule has 1 N–H and O–H groups in total. The Hall–Kier alpha value is -1.78. The van der Waals surface area contributed by atoms with Gasteiger partial charge in [-0.3, -0.25) is 4.79 Å². The molecule has 0 amide bonds. The van der Waals surface area contributed by atoms with Crippen LogP contribution in [0.3, 0.4) is 0 Å². The van der Waals surface area contributed by atoms with Crippen molar-refractivity contribution in [1.82, 2.24) is 10.2 Å². The van der Waals surface area contributed by atoms with Crippen molar-refractivity contribution in [3.05, 3.63) is 52.8 Å². The topological polar surface area (TPSA) is 41.6 Å². The highest BCUT2D eigenvalue weighted by Crippen LogP contribution is 2.28. The van der Waals surface area contributed by atoms with Gasteiger partial charge >= 0.3 is 0 Å². The average molecular weight is 393 g/mol. The summed E-state index contributed by atoms with van der Waals surface area (Å²) in [5.41, 5.74) is 2.93. The van der Waals surface area contributed by atoms with Gasteiger partial charge < -0.3 is 15.0 Å². The highest BCUT2D eigenvalue weighted by Gasteiger charge is 2.25. The summed E-state index contributed by atoms with van der Waals surface area (Å²) >= 11 is 6.06. The van der Waals surface area contributed by atoms with Gasteiger partial charge in [0.2, 0.25) is 0 Å². The number of allylic oxidation sites excluding steroid dienone is 2. The number of benzene rings is 1. The minimum absolute atomic E-state index is 0.117. The van der Waals surface area contributed by atoms with Crippen LogP contribution in [0.15, 0.2) is 42.2 Å². The number of hydrogen-bond acceptors (Lipinski definition) is 4. The molecule has 2 rings (SSSR count). The van der Waals surface area contributed by atoms with Crippen molar-refractivity contribution in [2.24, 2.45) is 0 Å². The van der Waals surface area contributed by atoms with E-state index in [1.807, 2.05) is 31.2 Å². The molecule has 0 spiro atoms. The molecule has 1 aliphatic rings. The maximum absolute atomic E-state index is 11.6. The number of ketones is 1. The van der Waals surface area contributed by atoms with Crippen LogP contribution < -0.4 is 10.1 Å². The zero-order chi connectivity index (χ0) is 20.4. The molecule has 0 aromatic heterocycles. The van der Waals surface area contributed by atoms with Crippen LogP contribution in [0.1, 0.15) is 46.1 Å². The molecule has 1 aromatic rings. The van der Waals surface area contributed by atoms with Crippen LogP contribution in [0, 0.1) is 0 Å². The summed E-state index contributed by atoms with van der Waals surface area (Å²) in [7, 11) is 1.64. The van der Waals surface area contributed by atoms with E-state index in [0.717, 1.165) is 54.5 Å². The zero-order valence-electron chi connectivity index (χ0n) is 17.3. The van der Waals surface area contributed by atoms with E-state index in [9.17, 15) is 4.79 Å². The molecule has 27 heavy (non-hydrogen) atoms. The number of Topliss-reactive ketones (excluding diaryl/α,β-unsaturated/α-hetero) is 1. The van der Waals surface area contributed by atoms with Gasteiger partial charge in [-0.15, -0.1) is 0 Å². The third-order valence-corrected chi connectivity index (χ3v) is 4.78. The van der Waals surface area contributed by atoms with Crippen molar-refractivity contribution in [3.8, 4) is 5.75 Å². The lowest BCUT2D eigenvalue weighted by Crippen LogP contribution is -2.48. The summed E-state index contributed by atoms with van der Waals surface area (Å²) in [5, 5.41) is 4.02. The third-order valence-electron chi connectivity index (χ3n) is 4.35. The SMILES string of the molecule is C=C1CNCC(C)N1/C(=C\CC)C(C)=O.CCCc1cccc(OC)c1Cl. The van der Waals surface area contributed by atoms with Crippen molar-refractivity contribution >= 4 is 17.4 Å². The van der Waals surface area contributed by atoms with E-state index in [1.165, 1.54) is 5.56 Å². The van der Waals surface area contributed by atoms with Gasteiger partial charge in [0.25, 0.3) is 0 Å². The zero-order valence-corrected chi connectivity index (χ0v) is 18.0. The molecule has 1 heterocycles. The van der Waals surface area contributed by atoms with Gasteiger partial charge in [0, 0.05) is 31.8 Å². The number of nitrogens with one attached hydrogen (secondary N) is 1. The molecule has 150 valence electrons. The van der Waals surface area contributed by atoms with E-state index in [0.29, 0.717) is 6.04 Å². The lowest BCUT2D eigenvalue weighted by molar-refractivity contribution is -0.115. The van der Waals surface area contributed by atoms with E-state index in [4.69, 9.17) is 16.3 Å². The monoisotopic (exact) mass is 392 g/mol. The molecule has 0 aliphatic carbocycles. The summed E-state index contributed by atoms with van der Waals surface area (Å²) < 4.78 is 5.10. The molecule has 1 aromatic carbocycles. The number of hydrogen-bond donors (Lipinski definition) is 1. The number of nitrogens with zero attached hydrogens (tertiary/aromatic N) is 1. The maximum atomic E-state index is 11.6. The number of carbonyl (C=O) groups is 1. The van der Waals surface area contributed by atoms with Crippen LogP contribution in [0.5, 0.6) is 5.75 Å². The van der Waals surface area contributed by atoms with Crippen LogP contribution in [0.4, 0.5) is 0 Å². The van der Waals surface area contributed by atoms with E-state index in [-0.39, 0.29) is 5.78 Å². The van der Waals surface area contributed by atoms with Crippen LogP contribution in [-0.2, 0) is 11.2 Å². The van der Waals surface area contributed by atoms with E-state index < -0.39 is 0 Å². The predicted molar refractivity (Wildman–Crippen MR) is 114 cm³/mol. The third kappa shape index (κ3) is 6.71. The number of ether oxygens (including phenoxy) is 1. The molecule has 4 nitrogen and oxygen atoms in total. The summed E-state index contributed by atoms with van der Waals surface area (Å²) in [5.74, 6) is 0.884. The molecule has 1 unspecified atom stereocenters. The fraction of sp³-hybridized carbons (Fsp3) is 0.500. The number of piperazine rings is 1. The Bertz CT molecular complexity index is 670. The molecule has 1 saturated heterocycles.